The molecule has 0 aliphatic carbocycles. The van der Waals surface area contributed by atoms with E-state index >= 15 is 0 Å². The van der Waals surface area contributed by atoms with Crippen LogP contribution in [0.2, 0.25) is 0 Å². The highest BCUT2D eigenvalue weighted by molar-refractivity contribution is 7.92. The standard InChI is InChI=1S/C32H40FN3O4S/c1-23(2)34-32(38)30(21-26-12-7-6-8-13-26)35(22-27-14-9-10-15-29(27)33)31(37)16-11-17-36(41(5,39)40)28-19-24(3)18-25(4)20-28/h6-10,12-15,18-20,23,30H,11,16-17,21-22H2,1-5H3,(H,34,38). The van der Waals surface area contributed by atoms with Crippen LogP contribution >= 0.6 is 0 Å². The van der Waals surface area contributed by atoms with Crippen molar-refractivity contribution < 1.29 is 22.4 Å². The van der Waals surface area contributed by atoms with Crippen molar-refractivity contribution in [1.82, 2.24) is 10.2 Å². The second-order valence-corrected chi connectivity index (χ2v) is 12.7. The summed E-state index contributed by atoms with van der Waals surface area (Å²) in [6.07, 6.45) is 1.59. The van der Waals surface area contributed by atoms with Crippen LogP contribution in [0.3, 0.4) is 0 Å². The van der Waals surface area contributed by atoms with Crippen LogP contribution in [0.15, 0.2) is 72.8 Å². The number of hydrogen-bond acceptors (Lipinski definition) is 4. The van der Waals surface area contributed by atoms with E-state index in [0.29, 0.717) is 11.3 Å². The Morgan fingerprint density at radius 2 is 1.54 bits per heavy atom. The number of halogens is 1. The first-order valence-corrected chi connectivity index (χ1v) is 15.6. The monoisotopic (exact) mass is 581 g/mol. The van der Waals surface area contributed by atoms with Gasteiger partial charge in [-0.3, -0.25) is 13.9 Å². The van der Waals surface area contributed by atoms with Gasteiger partial charge in [-0.1, -0.05) is 54.6 Å². The minimum Gasteiger partial charge on any atom is -0.352 e. The van der Waals surface area contributed by atoms with Crippen molar-refractivity contribution in [3.63, 3.8) is 0 Å². The zero-order valence-electron chi connectivity index (χ0n) is 24.4. The normalized spacial score (nSPS) is 12.2. The molecule has 7 nitrogen and oxygen atoms in total. The molecule has 3 aromatic carbocycles. The maximum Gasteiger partial charge on any atom is 0.243 e. The van der Waals surface area contributed by atoms with E-state index < -0.39 is 21.9 Å². The minimum atomic E-state index is -3.61. The maximum atomic E-state index is 14.7. The van der Waals surface area contributed by atoms with Crippen LogP contribution in [0.5, 0.6) is 0 Å². The third-order valence-electron chi connectivity index (χ3n) is 6.65. The van der Waals surface area contributed by atoms with Crippen molar-refractivity contribution in [2.45, 2.75) is 65.6 Å². The van der Waals surface area contributed by atoms with E-state index in [9.17, 15) is 22.4 Å². The molecule has 0 saturated heterocycles. The van der Waals surface area contributed by atoms with E-state index in [2.05, 4.69) is 5.32 Å². The zero-order valence-corrected chi connectivity index (χ0v) is 25.2. The molecule has 0 aliphatic heterocycles. The third kappa shape index (κ3) is 9.42. The van der Waals surface area contributed by atoms with Crippen LogP contribution in [0.1, 0.15) is 48.9 Å². The molecule has 3 aromatic rings. The molecule has 9 heteroatoms. The van der Waals surface area contributed by atoms with Gasteiger partial charge in [-0.05, 0) is 69.0 Å². The molecular formula is C32H40FN3O4S. The lowest BCUT2D eigenvalue weighted by molar-refractivity contribution is -0.141. The van der Waals surface area contributed by atoms with E-state index in [-0.39, 0.29) is 50.2 Å². The van der Waals surface area contributed by atoms with Gasteiger partial charge in [0.05, 0.1) is 11.9 Å². The second-order valence-electron chi connectivity index (χ2n) is 10.8. The molecular weight excluding hydrogens is 541 g/mol. The molecule has 0 spiro atoms. The van der Waals surface area contributed by atoms with Gasteiger partial charge in [0.1, 0.15) is 11.9 Å². The average Bonchev–Trinajstić information content (AvgIpc) is 2.88. The molecule has 1 atom stereocenters. The van der Waals surface area contributed by atoms with Crippen molar-refractivity contribution in [3.05, 3.63) is 101 Å². The summed E-state index contributed by atoms with van der Waals surface area (Å²) >= 11 is 0. The quantitative estimate of drug-likeness (QED) is 0.302. The summed E-state index contributed by atoms with van der Waals surface area (Å²) in [5.41, 5.74) is 3.56. The summed E-state index contributed by atoms with van der Waals surface area (Å²) in [5.74, 6) is -1.16. The number of hydrogen-bond donors (Lipinski definition) is 1. The Bertz CT molecular complexity index is 1420. The van der Waals surface area contributed by atoms with E-state index in [1.807, 2.05) is 64.1 Å². The first kappa shape index (κ1) is 31.8. The highest BCUT2D eigenvalue weighted by atomic mass is 32.2. The van der Waals surface area contributed by atoms with Crippen molar-refractivity contribution in [2.75, 3.05) is 17.1 Å². The van der Waals surface area contributed by atoms with Gasteiger partial charge < -0.3 is 10.2 Å². The van der Waals surface area contributed by atoms with E-state index in [1.54, 1.807) is 30.3 Å². The number of aryl methyl sites for hydroxylation is 2. The minimum absolute atomic E-state index is 0.0223. The van der Waals surface area contributed by atoms with Gasteiger partial charge >= 0.3 is 0 Å². The summed E-state index contributed by atoms with van der Waals surface area (Å²) in [4.78, 5) is 28.7. The lowest BCUT2D eigenvalue weighted by Crippen LogP contribution is -2.52. The SMILES string of the molecule is Cc1cc(C)cc(N(CCCC(=O)N(Cc2ccccc2F)C(Cc2ccccc2)C(=O)NC(C)C)S(C)(=O)=O)c1. The van der Waals surface area contributed by atoms with Crippen LogP contribution in [0, 0.1) is 19.7 Å². The summed E-state index contributed by atoms with van der Waals surface area (Å²) in [7, 11) is -3.61. The van der Waals surface area contributed by atoms with Crippen LogP contribution in [0.25, 0.3) is 0 Å². The Morgan fingerprint density at radius 1 is 0.927 bits per heavy atom. The highest BCUT2D eigenvalue weighted by Crippen LogP contribution is 2.23. The first-order chi connectivity index (χ1) is 19.3. The molecule has 0 aliphatic rings. The van der Waals surface area contributed by atoms with Gasteiger partial charge in [0.25, 0.3) is 0 Å². The van der Waals surface area contributed by atoms with Gasteiger partial charge in [0.15, 0.2) is 0 Å². The van der Waals surface area contributed by atoms with Crippen LogP contribution < -0.4 is 9.62 Å². The van der Waals surface area contributed by atoms with Gasteiger partial charge in [0, 0.05) is 37.5 Å². The molecule has 1 unspecified atom stereocenters. The van der Waals surface area contributed by atoms with Gasteiger partial charge in [-0.2, -0.15) is 0 Å². The Labute approximate surface area is 243 Å². The number of rotatable bonds is 13. The smallest absolute Gasteiger partial charge is 0.243 e. The fourth-order valence-corrected chi connectivity index (χ4v) is 5.79. The predicted octanol–water partition coefficient (Wildman–Crippen LogP) is 5.15. The van der Waals surface area contributed by atoms with Crippen molar-refractivity contribution in [2.24, 2.45) is 0 Å². The Hall–Kier alpha value is -3.72. The van der Waals surface area contributed by atoms with Crippen LogP contribution in [0.4, 0.5) is 10.1 Å². The third-order valence-corrected chi connectivity index (χ3v) is 7.84. The van der Waals surface area contributed by atoms with E-state index in [4.69, 9.17) is 0 Å². The lowest BCUT2D eigenvalue weighted by Gasteiger charge is -2.32. The molecule has 0 saturated carbocycles. The number of nitrogens with zero attached hydrogens (tertiary/aromatic N) is 2. The Morgan fingerprint density at radius 3 is 2.12 bits per heavy atom. The number of benzene rings is 3. The summed E-state index contributed by atoms with van der Waals surface area (Å²) in [6, 6.07) is 20.1. The topological polar surface area (TPSA) is 86.8 Å². The Kier molecular flexibility index (Phi) is 11.1. The molecule has 0 radical (unpaired) electrons. The van der Waals surface area contributed by atoms with Crippen molar-refractivity contribution in [1.29, 1.82) is 0 Å². The molecule has 41 heavy (non-hydrogen) atoms. The van der Waals surface area contributed by atoms with Crippen LogP contribution in [-0.4, -0.2) is 50.0 Å². The fourth-order valence-electron chi connectivity index (χ4n) is 4.84. The summed E-state index contributed by atoms with van der Waals surface area (Å²) in [5, 5.41) is 2.91. The number of nitrogens with one attached hydrogen (secondary N) is 1. The molecule has 0 bridgehead atoms. The fraction of sp³-hybridized carbons (Fsp3) is 0.375. The molecule has 3 rings (SSSR count). The predicted molar refractivity (Wildman–Crippen MR) is 162 cm³/mol. The molecule has 2 amide bonds. The van der Waals surface area contributed by atoms with Gasteiger partial charge in [0.2, 0.25) is 21.8 Å². The molecule has 220 valence electrons. The number of sulfonamides is 1. The second kappa shape index (κ2) is 14.3. The lowest BCUT2D eigenvalue weighted by atomic mass is 10.0. The molecule has 0 fully saturated rings. The zero-order chi connectivity index (χ0) is 30.2. The Balaban J connectivity index is 1.90. The molecule has 0 heterocycles. The van der Waals surface area contributed by atoms with Gasteiger partial charge in [-0.25, -0.2) is 12.8 Å². The number of anilines is 1. The van der Waals surface area contributed by atoms with E-state index in [1.165, 1.54) is 15.3 Å². The maximum absolute atomic E-state index is 14.7. The number of carbonyl (C=O) groups is 2. The highest BCUT2D eigenvalue weighted by Gasteiger charge is 2.31. The average molecular weight is 582 g/mol. The first-order valence-electron chi connectivity index (χ1n) is 13.8. The van der Waals surface area contributed by atoms with Gasteiger partial charge in [-0.15, -0.1) is 0 Å². The summed E-state index contributed by atoms with van der Waals surface area (Å²) < 4.78 is 41.4. The van der Waals surface area contributed by atoms with Crippen LogP contribution in [-0.2, 0) is 32.6 Å². The van der Waals surface area contributed by atoms with Crippen molar-refractivity contribution in [3.8, 4) is 0 Å². The molecule has 1 N–H and O–H groups in total. The van der Waals surface area contributed by atoms with Crippen molar-refractivity contribution >= 4 is 27.5 Å². The summed E-state index contributed by atoms with van der Waals surface area (Å²) in [6.45, 7) is 7.47. The number of carbonyl (C=O) groups excluding carboxylic acids is 2. The molecule has 0 aromatic heterocycles. The largest absolute Gasteiger partial charge is 0.352 e. The van der Waals surface area contributed by atoms with E-state index in [0.717, 1.165) is 22.9 Å². The number of amides is 2.